The Morgan fingerprint density at radius 2 is 0.963 bits per heavy atom. The van der Waals surface area contributed by atoms with Crippen molar-refractivity contribution in [2.75, 3.05) is 0 Å². The average molecular weight is 846 g/mol. The molecular weight excluding hydrogens is 796 g/mol. The molecule has 308 valence electrons. The third-order valence-electron chi connectivity index (χ3n) is 8.07. The Morgan fingerprint density at radius 3 is 1.37 bits per heavy atom. The van der Waals surface area contributed by atoms with E-state index >= 15 is 0 Å². The number of aliphatic hydroxyl groups is 3. The third-order valence-corrected chi connectivity index (χ3v) is 8.81. The molecule has 20 nitrogen and oxygen atoms in total. The van der Waals surface area contributed by atoms with Gasteiger partial charge in [0.25, 0.3) is 0 Å². The molecule has 4 fully saturated rings. The van der Waals surface area contributed by atoms with E-state index in [0.717, 1.165) is 13.8 Å². The molecule has 0 bridgehead atoms. The first-order valence-corrected chi connectivity index (χ1v) is 17.1. The van der Waals surface area contributed by atoms with Crippen molar-refractivity contribution >= 4 is 63.3 Å². The molecule has 4 heterocycles. The Balaban J connectivity index is 0.000000416. The number of ketones is 2. The molecule has 0 radical (unpaired) electrons. The Bertz CT molecular complexity index is 1370. The molecule has 21 heteroatoms. The number of esters is 6. The highest BCUT2D eigenvalue weighted by atomic mass is 79.9. The maximum atomic E-state index is 11.7. The molecule has 0 aromatic rings. The van der Waals surface area contributed by atoms with Crippen LogP contribution in [-0.2, 0) is 81.0 Å². The van der Waals surface area contributed by atoms with E-state index in [1.165, 1.54) is 34.6 Å². The van der Waals surface area contributed by atoms with Crippen molar-refractivity contribution in [1.82, 2.24) is 0 Å². The smallest absolute Gasteiger partial charge is 0.338 e. The topological polar surface area (TPSA) is 280 Å². The number of carbonyl (C=O) groups is 8. The fraction of sp³-hybridized carbons (Fsp3) is 0.758. The molecule has 0 amide bonds. The van der Waals surface area contributed by atoms with Crippen molar-refractivity contribution in [2.45, 2.75) is 148 Å². The monoisotopic (exact) mass is 844 g/mol. The van der Waals surface area contributed by atoms with Crippen molar-refractivity contribution in [2.24, 2.45) is 11.8 Å². The van der Waals surface area contributed by atoms with Gasteiger partial charge in [-0.15, -0.1) is 0 Å². The number of hydrogen-bond donors (Lipinski definition) is 3. The third kappa shape index (κ3) is 12.7. The van der Waals surface area contributed by atoms with Crippen LogP contribution in [0, 0.1) is 11.8 Å². The van der Waals surface area contributed by atoms with E-state index in [2.05, 4.69) is 25.4 Å². The Labute approximate surface area is 319 Å². The number of Topliss-reactive ketones (excluding diaryl/α,β-unsaturated/α-hetero) is 2. The predicted molar refractivity (Wildman–Crippen MR) is 179 cm³/mol. The van der Waals surface area contributed by atoms with Crippen LogP contribution in [0.3, 0.4) is 0 Å². The highest BCUT2D eigenvalue weighted by molar-refractivity contribution is 9.09. The summed E-state index contributed by atoms with van der Waals surface area (Å²) < 4.78 is 45.7. The largest absolute Gasteiger partial charge is 0.458 e. The second-order valence-corrected chi connectivity index (χ2v) is 13.4. The lowest BCUT2D eigenvalue weighted by atomic mass is 9.88. The summed E-state index contributed by atoms with van der Waals surface area (Å²) in [5.74, 6) is -5.25. The summed E-state index contributed by atoms with van der Waals surface area (Å²) in [4.78, 5) is 89.9. The summed E-state index contributed by atoms with van der Waals surface area (Å²) in [7, 11) is 0. The molecule has 2 unspecified atom stereocenters. The van der Waals surface area contributed by atoms with E-state index in [4.69, 9.17) is 48.5 Å². The van der Waals surface area contributed by atoms with Gasteiger partial charge in [0.2, 0.25) is 12.4 Å². The summed E-state index contributed by atoms with van der Waals surface area (Å²) >= 11 is 3.21. The van der Waals surface area contributed by atoms with E-state index in [9.17, 15) is 38.4 Å². The van der Waals surface area contributed by atoms with E-state index in [1.54, 1.807) is 13.8 Å². The van der Waals surface area contributed by atoms with Crippen LogP contribution in [0.2, 0.25) is 0 Å². The Kier molecular flexibility index (Phi) is 18.7. The molecule has 3 N–H and O–H groups in total. The molecule has 0 spiro atoms. The van der Waals surface area contributed by atoms with Crippen LogP contribution in [-0.4, -0.2) is 141 Å². The first-order chi connectivity index (χ1) is 24.5. The normalized spacial score (nSPS) is 36.4. The van der Waals surface area contributed by atoms with Gasteiger partial charge in [0, 0.05) is 46.5 Å². The van der Waals surface area contributed by atoms with Crippen molar-refractivity contribution in [3.05, 3.63) is 0 Å². The zero-order valence-electron chi connectivity index (χ0n) is 30.3. The molecular formula is C33H49BrO20. The first-order valence-electron chi connectivity index (χ1n) is 16.2. The number of aliphatic hydroxyl groups excluding tert-OH is 3. The minimum absolute atomic E-state index is 0. The number of fused-ring (bicyclic) bond motifs is 1. The van der Waals surface area contributed by atoms with Crippen LogP contribution in [0.1, 0.15) is 69.7 Å². The van der Waals surface area contributed by atoms with Gasteiger partial charge in [0.05, 0.1) is 0 Å². The van der Waals surface area contributed by atoms with Crippen LogP contribution < -0.4 is 0 Å². The molecule has 0 saturated carbocycles. The number of hydrogen-bond acceptors (Lipinski definition) is 20. The zero-order valence-corrected chi connectivity index (χ0v) is 31.9. The van der Waals surface area contributed by atoms with Crippen molar-refractivity contribution in [3.8, 4) is 0 Å². The van der Waals surface area contributed by atoms with Gasteiger partial charge < -0.3 is 58.0 Å². The van der Waals surface area contributed by atoms with Gasteiger partial charge in [0.1, 0.15) is 30.5 Å². The zero-order chi connectivity index (χ0) is 40.6. The van der Waals surface area contributed by atoms with Crippen molar-refractivity contribution in [1.29, 1.82) is 0 Å². The summed E-state index contributed by atoms with van der Waals surface area (Å²) in [5, 5.41) is 26.5. The standard InChI is InChI=1S/C14H20O8.C12H17BrO6.C6H8O6.CH4/c1-6-11(7(2)15)22-14(21-10(5)18)13(20-9(4)17)12(6)19-8(3)16;1-5-9(6(2)14)19-12(13)11(18-8(4)16)10(5)17-7(3)15;7-1-3-4(12-5(1)9)2(8)6(10)11-3;/h6,11-14H,1-5H3;5,9-12H,1-4H3;1-5,7-9H;1H4/t6-,11+,12+,13-,14?;5-,9+,10+,11-,12+;1-,2+,3-,4-,5?;/m111./s1. The van der Waals surface area contributed by atoms with Crippen LogP contribution in [0.25, 0.3) is 0 Å². The Hall–Kier alpha value is -3.60. The lowest BCUT2D eigenvalue weighted by Gasteiger charge is -2.42. The lowest BCUT2D eigenvalue weighted by molar-refractivity contribution is -0.276. The van der Waals surface area contributed by atoms with Gasteiger partial charge in [-0.3, -0.25) is 33.6 Å². The summed E-state index contributed by atoms with van der Waals surface area (Å²) in [5.41, 5.74) is 0. The lowest BCUT2D eigenvalue weighted by Crippen LogP contribution is -2.59. The van der Waals surface area contributed by atoms with Crippen LogP contribution in [0.15, 0.2) is 0 Å². The first kappa shape index (κ1) is 48.4. The molecule has 4 rings (SSSR count). The molecule has 15 atom stereocenters. The number of carbonyl (C=O) groups excluding carboxylic acids is 8. The minimum Gasteiger partial charge on any atom is -0.458 e. The average Bonchev–Trinajstić information content (AvgIpc) is 3.46. The summed E-state index contributed by atoms with van der Waals surface area (Å²) in [6.07, 6.45) is -12.5. The minimum atomic E-state index is -1.40. The summed E-state index contributed by atoms with van der Waals surface area (Å²) in [6.45, 7) is 12.1. The maximum Gasteiger partial charge on any atom is 0.338 e. The fourth-order valence-corrected chi connectivity index (χ4v) is 6.53. The summed E-state index contributed by atoms with van der Waals surface area (Å²) in [6, 6.07) is 0. The SMILES string of the molecule is C.CC(=O)OC1O[C@H](C(C)=O)[C@@H](C)[C@H](OC(C)=O)[C@H]1OC(C)=O.CC(=O)O[C@@H]1[C@@H](OC(C)=O)[C@H](C)[C@@H](C(C)=O)O[C@@H]1Br.O=C1O[C@H]2[C@H](OC(O)[C@@H]2O)[C@@H]1O. The number of halogens is 1. The van der Waals surface area contributed by atoms with Crippen LogP contribution in [0.5, 0.6) is 0 Å². The Morgan fingerprint density at radius 1 is 0.574 bits per heavy atom. The van der Waals surface area contributed by atoms with Gasteiger partial charge >= 0.3 is 35.8 Å². The number of alkyl halides is 1. The molecule has 0 aliphatic carbocycles. The van der Waals surface area contributed by atoms with E-state index in [-0.39, 0.29) is 19.0 Å². The van der Waals surface area contributed by atoms with Gasteiger partial charge in [0.15, 0.2) is 47.3 Å². The van der Waals surface area contributed by atoms with Crippen molar-refractivity contribution < 1.29 is 96.3 Å². The van der Waals surface area contributed by atoms with Gasteiger partial charge in [-0.2, -0.15) is 0 Å². The van der Waals surface area contributed by atoms with E-state index < -0.39 is 126 Å². The predicted octanol–water partition coefficient (Wildman–Crippen LogP) is -0.455. The van der Waals surface area contributed by atoms with Crippen molar-refractivity contribution in [3.63, 3.8) is 0 Å². The molecule has 0 aromatic heterocycles. The highest BCUT2D eigenvalue weighted by Crippen LogP contribution is 2.34. The highest BCUT2D eigenvalue weighted by Gasteiger charge is 2.56. The molecule has 54 heavy (non-hydrogen) atoms. The van der Waals surface area contributed by atoms with Crippen LogP contribution >= 0.6 is 15.9 Å². The number of ether oxygens (including phenoxy) is 9. The molecule has 4 aliphatic heterocycles. The molecule has 4 saturated heterocycles. The van der Waals surface area contributed by atoms with Gasteiger partial charge in [-0.05, 0) is 13.8 Å². The maximum absolute atomic E-state index is 11.7. The molecule has 4 aliphatic rings. The molecule has 0 aromatic carbocycles. The van der Waals surface area contributed by atoms with Gasteiger partial charge in [-0.1, -0.05) is 37.2 Å². The van der Waals surface area contributed by atoms with E-state index in [0.29, 0.717) is 0 Å². The van der Waals surface area contributed by atoms with Gasteiger partial charge in [-0.25, -0.2) is 4.79 Å². The van der Waals surface area contributed by atoms with E-state index in [1.807, 2.05) is 0 Å². The van der Waals surface area contributed by atoms with Crippen LogP contribution in [0.4, 0.5) is 0 Å². The second-order valence-electron chi connectivity index (χ2n) is 12.5. The number of rotatable bonds is 7. The second kappa shape index (κ2) is 20.9. The fourth-order valence-electron chi connectivity index (χ4n) is 5.89. The quantitative estimate of drug-likeness (QED) is 0.166.